The van der Waals surface area contributed by atoms with Crippen molar-refractivity contribution in [3.63, 3.8) is 0 Å². The van der Waals surface area contributed by atoms with Crippen molar-refractivity contribution >= 4 is 22.4 Å². The topological polar surface area (TPSA) is 72.1 Å². The SMILES string of the molecule is COc1ccc2c(OC(C)C)nc(Nc3cc(C)[nH]n3)cc2c1C. The summed E-state index contributed by atoms with van der Waals surface area (Å²) in [5.41, 5.74) is 2.03. The molecule has 3 rings (SSSR count). The summed E-state index contributed by atoms with van der Waals surface area (Å²) in [6, 6.07) is 7.84. The van der Waals surface area contributed by atoms with E-state index in [0.717, 1.165) is 33.6 Å². The summed E-state index contributed by atoms with van der Waals surface area (Å²) in [4.78, 5) is 4.61. The maximum atomic E-state index is 5.92. The van der Waals surface area contributed by atoms with Crippen LogP contribution in [0.15, 0.2) is 24.3 Å². The van der Waals surface area contributed by atoms with Gasteiger partial charge in [-0.15, -0.1) is 0 Å². The van der Waals surface area contributed by atoms with Crippen molar-refractivity contribution in [3.8, 4) is 11.6 Å². The van der Waals surface area contributed by atoms with Gasteiger partial charge in [-0.3, -0.25) is 5.10 Å². The van der Waals surface area contributed by atoms with Gasteiger partial charge in [0.1, 0.15) is 11.6 Å². The fraction of sp³-hybridized carbons (Fsp3) is 0.333. The van der Waals surface area contributed by atoms with Crippen molar-refractivity contribution in [1.82, 2.24) is 15.2 Å². The van der Waals surface area contributed by atoms with Gasteiger partial charge in [0.05, 0.1) is 13.2 Å². The Morgan fingerprint density at radius 3 is 2.50 bits per heavy atom. The molecule has 1 aromatic carbocycles. The normalized spacial score (nSPS) is 11.1. The van der Waals surface area contributed by atoms with E-state index in [-0.39, 0.29) is 6.10 Å². The number of aromatic nitrogens is 3. The Balaban J connectivity index is 2.13. The highest BCUT2D eigenvalue weighted by molar-refractivity contribution is 5.93. The first kappa shape index (κ1) is 16.1. The molecule has 24 heavy (non-hydrogen) atoms. The van der Waals surface area contributed by atoms with Gasteiger partial charge >= 0.3 is 0 Å². The van der Waals surface area contributed by atoms with Gasteiger partial charge in [0, 0.05) is 17.1 Å². The maximum absolute atomic E-state index is 5.92. The lowest BCUT2D eigenvalue weighted by Gasteiger charge is -2.16. The number of aryl methyl sites for hydroxylation is 2. The van der Waals surface area contributed by atoms with Gasteiger partial charge in [0.2, 0.25) is 5.88 Å². The van der Waals surface area contributed by atoms with Crippen LogP contribution in [0.25, 0.3) is 10.8 Å². The number of fused-ring (bicyclic) bond motifs is 1. The summed E-state index contributed by atoms with van der Waals surface area (Å²) in [5.74, 6) is 2.84. The van der Waals surface area contributed by atoms with E-state index in [0.29, 0.717) is 11.7 Å². The van der Waals surface area contributed by atoms with E-state index in [9.17, 15) is 0 Å². The zero-order chi connectivity index (χ0) is 17.3. The number of nitrogens with zero attached hydrogens (tertiary/aromatic N) is 2. The Labute approximate surface area is 141 Å². The van der Waals surface area contributed by atoms with Gasteiger partial charge in [0.15, 0.2) is 5.82 Å². The van der Waals surface area contributed by atoms with E-state index in [4.69, 9.17) is 9.47 Å². The number of hydrogen-bond acceptors (Lipinski definition) is 5. The lowest BCUT2D eigenvalue weighted by Crippen LogP contribution is -2.08. The lowest BCUT2D eigenvalue weighted by molar-refractivity contribution is 0.236. The van der Waals surface area contributed by atoms with E-state index < -0.39 is 0 Å². The molecule has 2 N–H and O–H groups in total. The molecule has 0 aliphatic rings. The van der Waals surface area contributed by atoms with Crippen molar-refractivity contribution < 1.29 is 9.47 Å². The van der Waals surface area contributed by atoms with Crippen LogP contribution < -0.4 is 14.8 Å². The number of benzene rings is 1. The van der Waals surface area contributed by atoms with Crippen LogP contribution in [0.5, 0.6) is 11.6 Å². The highest BCUT2D eigenvalue weighted by atomic mass is 16.5. The van der Waals surface area contributed by atoms with Crippen molar-refractivity contribution in [2.24, 2.45) is 0 Å². The molecule has 0 radical (unpaired) electrons. The van der Waals surface area contributed by atoms with Gasteiger partial charge in [-0.05, 0) is 56.8 Å². The third-order valence-electron chi connectivity index (χ3n) is 3.73. The standard InChI is InChI=1S/C18H22N4O2/c1-10(2)24-18-13-6-7-15(23-5)12(4)14(13)9-16(20-18)19-17-8-11(3)21-22-17/h6-10H,1-5H3,(H2,19,20,21,22). The summed E-state index contributed by atoms with van der Waals surface area (Å²) >= 11 is 0. The summed E-state index contributed by atoms with van der Waals surface area (Å²) in [5, 5.41) is 12.3. The molecular weight excluding hydrogens is 304 g/mol. The van der Waals surface area contributed by atoms with Crippen LogP contribution in [0.1, 0.15) is 25.1 Å². The summed E-state index contributed by atoms with van der Waals surface area (Å²) < 4.78 is 11.4. The van der Waals surface area contributed by atoms with Crippen LogP contribution in [-0.2, 0) is 0 Å². The van der Waals surface area contributed by atoms with Gasteiger partial charge in [-0.1, -0.05) is 0 Å². The zero-order valence-electron chi connectivity index (χ0n) is 14.6. The Kier molecular flexibility index (Phi) is 4.29. The predicted octanol–water partition coefficient (Wildman–Crippen LogP) is 4.11. The van der Waals surface area contributed by atoms with Crippen LogP contribution in [-0.4, -0.2) is 28.4 Å². The molecule has 2 aromatic heterocycles. The summed E-state index contributed by atoms with van der Waals surface area (Å²) in [6.07, 6.45) is 0.0333. The number of nitrogens with one attached hydrogen (secondary N) is 2. The number of rotatable bonds is 5. The van der Waals surface area contributed by atoms with Crippen LogP contribution >= 0.6 is 0 Å². The maximum Gasteiger partial charge on any atom is 0.223 e. The fourth-order valence-corrected chi connectivity index (χ4v) is 2.63. The van der Waals surface area contributed by atoms with Crippen molar-refractivity contribution in [3.05, 3.63) is 35.5 Å². The molecule has 0 unspecified atom stereocenters. The van der Waals surface area contributed by atoms with E-state index in [1.54, 1.807) is 7.11 Å². The molecule has 0 aliphatic heterocycles. The molecule has 0 amide bonds. The zero-order valence-corrected chi connectivity index (χ0v) is 14.6. The molecule has 0 spiro atoms. The number of anilines is 2. The summed E-state index contributed by atoms with van der Waals surface area (Å²) in [6.45, 7) is 7.96. The molecule has 126 valence electrons. The molecule has 0 bridgehead atoms. The molecule has 0 fully saturated rings. The number of hydrogen-bond donors (Lipinski definition) is 2. The second kappa shape index (κ2) is 6.39. The number of ether oxygens (including phenoxy) is 2. The fourth-order valence-electron chi connectivity index (χ4n) is 2.63. The quantitative estimate of drug-likeness (QED) is 0.738. The Morgan fingerprint density at radius 2 is 1.88 bits per heavy atom. The minimum Gasteiger partial charge on any atom is -0.496 e. The summed E-state index contributed by atoms with van der Waals surface area (Å²) in [7, 11) is 1.67. The van der Waals surface area contributed by atoms with Gasteiger partial charge in [-0.2, -0.15) is 10.1 Å². The van der Waals surface area contributed by atoms with E-state index in [2.05, 4.69) is 20.5 Å². The Bertz CT molecular complexity index is 871. The monoisotopic (exact) mass is 326 g/mol. The molecule has 0 aliphatic carbocycles. The minimum atomic E-state index is 0.0333. The lowest BCUT2D eigenvalue weighted by atomic mass is 10.1. The van der Waals surface area contributed by atoms with Crippen molar-refractivity contribution in [2.45, 2.75) is 33.8 Å². The first-order valence-corrected chi connectivity index (χ1v) is 7.92. The smallest absolute Gasteiger partial charge is 0.223 e. The molecule has 6 nitrogen and oxygen atoms in total. The largest absolute Gasteiger partial charge is 0.496 e. The number of methoxy groups -OCH3 is 1. The van der Waals surface area contributed by atoms with Gasteiger partial charge < -0.3 is 14.8 Å². The van der Waals surface area contributed by atoms with Gasteiger partial charge in [0.25, 0.3) is 0 Å². The second-order valence-corrected chi connectivity index (χ2v) is 6.03. The minimum absolute atomic E-state index is 0.0333. The van der Waals surface area contributed by atoms with Crippen LogP contribution in [0, 0.1) is 13.8 Å². The van der Waals surface area contributed by atoms with Crippen LogP contribution in [0.2, 0.25) is 0 Å². The molecule has 3 aromatic rings. The molecule has 0 saturated heterocycles. The highest BCUT2D eigenvalue weighted by Gasteiger charge is 2.14. The van der Waals surface area contributed by atoms with Crippen molar-refractivity contribution in [2.75, 3.05) is 12.4 Å². The molecule has 6 heteroatoms. The first-order valence-electron chi connectivity index (χ1n) is 7.92. The predicted molar refractivity (Wildman–Crippen MR) is 95.4 cm³/mol. The van der Waals surface area contributed by atoms with E-state index >= 15 is 0 Å². The highest BCUT2D eigenvalue weighted by Crippen LogP contribution is 2.34. The number of H-pyrrole nitrogens is 1. The van der Waals surface area contributed by atoms with E-state index in [1.165, 1.54) is 0 Å². The number of pyridine rings is 1. The third-order valence-corrected chi connectivity index (χ3v) is 3.73. The third kappa shape index (κ3) is 3.13. The Hall–Kier alpha value is -2.76. The molecular formula is C18H22N4O2. The van der Waals surface area contributed by atoms with Crippen LogP contribution in [0.3, 0.4) is 0 Å². The van der Waals surface area contributed by atoms with Crippen molar-refractivity contribution in [1.29, 1.82) is 0 Å². The second-order valence-electron chi connectivity index (χ2n) is 6.03. The molecule has 0 saturated carbocycles. The van der Waals surface area contributed by atoms with Crippen LogP contribution in [0.4, 0.5) is 11.6 Å². The molecule has 0 atom stereocenters. The Morgan fingerprint density at radius 1 is 1.08 bits per heavy atom. The first-order chi connectivity index (χ1) is 11.5. The molecule has 2 heterocycles. The average Bonchev–Trinajstić information content (AvgIpc) is 2.93. The number of aromatic amines is 1. The average molecular weight is 326 g/mol. The van der Waals surface area contributed by atoms with E-state index in [1.807, 2.05) is 52.0 Å². The van der Waals surface area contributed by atoms with Gasteiger partial charge in [-0.25, -0.2) is 0 Å².